The minimum Gasteiger partial charge on any atom is -0.286 e. The zero-order valence-electron chi connectivity index (χ0n) is 12.6. The molecule has 0 N–H and O–H groups in total. The largest absolute Gasteiger partial charge is 0.416 e. The summed E-state index contributed by atoms with van der Waals surface area (Å²) in [5.74, 6) is 0. The molecule has 1 aliphatic carbocycles. The molecule has 0 saturated heterocycles. The molecule has 0 bridgehead atoms. The van der Waals surface area contributed by atoms with E-state index in [1.54, 1.807) is 6.07 Å². The molecule has 1 fully saturated rings. The Kier molecular flexibility index (Phi) is 4.12. The van der Waals surface area contributed by atoms with Gasteiger partial charge in [-0.15, -0.1) is 0 Å². The lowest BCUT2D eigenvalue weighted by molar-refractivity contribution is -0.137. The van der Waals surface area contributed by atoms with Crippen molar-refractivity contribution < 1.29 is 18.0 Å². The molecule has 1 aromatic carbocycles. The molecule has 1 aliphatic rings. The topological polar surface area (TPSA) is 30.0 Å². The molecular formula is C17H16F3NOS. The van der Waals surface area contributed by atoms with Gasteiger partial charge < -0.3 is 0 Å². The lowest BCUT2D eigenvalue weighted by Crippen LogP contribution is -2.35. The lowest BCUT2D eigenvalue weighted by Gasteiger charge is -2.39. The number of aromatic nitrogens is 1. The standard InChI is InChI=1S/C17H16F3NOS/c1-2-16(7-3-8-16)15(22)23-14-6-9-21-13-5-4-11(10-12(13)14)17(18,19)20/h4-6,9-10H,2-3,7-8H2,1H3. The number of benzene rings is 1. The predicted octanol–water partition coefficient (Wildman–Crippen LogP) is 5.45. The lowest BCUT2D eigenvalue weighted by atomic mass is 9.68. The summed E-state index contributed by atoms with van der Waals surface area (Å²) in [6.45, 7) is 1.99. The summed E-state index contributed by atoms with van der Waals surface area (Å²) in [7, 11) is 0. The SMILES string of the molecule is CCC1(C(=O)Sc2ccnc3ccc(C(F)(F)F)cc23)CCC1. The van der Waals surface area contributed by atoms with Crippen LogP contribution in [0.5, 0.6) is 0 Å². The molecule has 1 heterocycles. The summed E-state index contributed by atoms with van der Waals surface area (Å²) in [5.41, 5.74) is -0.557. The van der Waals surface area contributed by atoms with Crippen molar-refractivity contribution in [3.63, 3.8) is 0 Å². The van der Waals surface area contributed by atoms with Crippen molar-refractivity contribution in [1.29, 1.82) is 0 Å². The smallest absolute Gasteiger partial charge is 0.286 e. The van der Waals surface area contributed by atoms with Crippen LogP contribution in [0.4, 0.5) is 13.2 Å². The number of alkyl halides is 3. The van der Waals surface area contributed by atoms with E-state index in [1.807, 2.05) is 6.92 Å². The number of hydrogen-bond donors (Lipinski definition) is 0. The first-order chi connectivity index (χ1) is 10.9. The highest BCUT2D eigenvalue weighted by Gasteiger charge is 2.42. The molecule has 1 aromatic heterocycles. The maximum atomic E-state index is 12.9. The number of carbonyl (C=O) groups is 1. The van der Waals surface area contributed by atoms with Crippen molar-refractivity contribution in [1.82, 2.24) is 4.98 Å². The van der Waals surface area contributed by atoms with Crippen LogP contribution in [-0.2, 0) is 11.0 Å². The van der Waals surface area contributed by atoms with Gasteiger partial charge >= 0.3 is 6.18 Å². The van der Waals surface area contributed by atoms with Gasteiger partial charge in [-0.2, -0.15) is 13.2 Å². The van der Waals surface area contributed by atoms with Gasteiger partial charge in [-0.25, -0.2) is 0 Å². The van der Waals surface area contributed by atoms with Crippen LogP contribution in [0.1, 0.15) is 38.2 Å². The van der Waals surface area contributed by atoms with Crippen LogP contribution in [0.15, 0.2) is 35.4 Å². The van der Waals surface area contributed by atoms with E-state index >= 15 is 0 Å². The second-order valence-corrected chi connectivity index (χ2v) is 6.93. The van der Waals surface area contributed by atoms with Crippen molar-refractivity contribution in [3.05, 3.63) is 36.0 Å². The van der Waals surface area contributed by atoms with E-state index in [9.17, 15) is 18.0 Å². The Morgan fingerprint density at radius 2 is 2.04 bits per heavy atom. The number of thioether (sulfide) groups is 1. The summed E-state index contributed by atoms with van der Waals surface area (Å²) in [5, 5.41) is 0.433. The molecule has 0 unspecified atom stereocenters. The zero-order chi connectivity index (χ0) is 16.7. The number of nitrogens with zero attached hydrogens (tertiary/aromatic N) is 1. The predicted molar refractivity (Wildman–Crippen MR) is 84.2 cm³/mol. The normalized spacial score (nSPS) is 17.0. The molecule has 3 rings (SSSR count). The molecule has 2 aromatic rings. The molecule has 122 valence electrons. The Morgan fingerprint density at radius 3 is 2.61 bits per heavy atom. The quantitative estimate of drug-likeness (QED) is 0.696. The maximum Gasteiger partial charge on any atom is 0.416 e. The van der Waals surface area contributed by atoms with Gasteiger partial charge in [0, 0.05) is 21.9 Å². The van der Waals surface area contributed by atoms with E-state index in [1.165, 1.54) is 12.3 Å². The van der Waals surface area contributed by atoms with Gasteiger partial charge in [-0.1, -0.05) is 25.1 Å². The minimum absolute atomic E-state index is 0.0520. The fourth-order valence-electron chi connectivity index (χ4n) is 2.90. The summed E-state index contributed by atoms with van der Waals surface area (Å²) in [6, 6.07) is 5.07. The first kappa shape index (κ1) is 16.3. The summed E-state index contributed by atoms with van der Waals surface area (Å²) >= 11 is 1.05. The highest BCUT2D eigenvalue weighted by molar-refractivity contribution is 8.14. The van der Waals surface area contributed by atoms with Crippen LogP contribution in [0.3, 0.4) is 0 Å². The van der Waals surface area contributed by atoms with Gasteiger partial charge in [0.1, 0.15) is 0 Å². The average Bonchev–Trinajstić information content (AvgIpc) is 2.45. The molecule has 1 saturated carbocycles. The second kappa shape index (κ2) is 5.82. The average molecular weight is 339 g/mol. The van der Waals surface area contributed by atoms with Crippen LogP contribution in [0, 0.1) is 5.41 Å². The third-order valence-corrected chi connectivity index (χ3v) is 5.85. The summed E-state index contributed by atoms with van der Waals surface area (Å²) < 4.78 is 38.8. The summed E-state index contributed by atoms with van der Waals surface area (Å²) in [4.78, 5) is 17.2. The molecule has 0 atom stereocenters. The van der Waals surface area contributed by atoms with E-state index in [-0.39, 0.29) is 10.5 Å². The van der Waals surface area contributed by atoms with E-state index < -0.39 is 11.7 Å². The Labute approximate surface area is 136 Å². The number of halogens is 3. The van der Waals surface area contributed by atoms with Gasteiger partial charge in [0.15, 0.2) is 5.12 Å². The Bertz CT molecular complexity index is 748. The van der Waals surface area contributed by atoms with Crippen LogP contribution in [0.25, 0.3) is 10.9 Å². The van der Waals surface area contributed by atoms with Crippen molar-refractivity contribution in [2.24, 2.45) is 5.41 Å². The monoisotopic (exact) mass is 339 g/mol. The van der Waals surface area contributed by atoms with Crippen LogP contribution in [-0.4, -0.2) is 10.1 Å². The van der Waals surface area contributed by atoms with Gasteiger partial charge in [-0.05, 0) is 43.5 Å². The second-order valence-electron chi connectivity index (χ2n) is 5.92. The van der Waals surface area contributed by atoms with Crippen molar-refractivity contribution in [2.75, 3.05) is 0 Å². The molecule has 0 aliphatic heterocycles. The fraction of sp³-hybridized carbons (Fsp3) is 0.412. The fourth-order valence-corrected chi connectivity index (χ4v) is 4.07. The molecule has 0 radical (unpaired) electrons. The molecule has 0 amide bonds. The molecular weight excluding hydrogens is 323 g/mol. The number of hydrogen-bond acceptors (Lipinski definition) is 3. The highest BCUT2D eigenvalue weighted by atomic mass is 32.2. The number of pyridine rings is 1. The van der Waals surface area contributed by atoms with Gasteiger partial charge in [0.25, 0.3) is 0 Å². The Hall–Kier alpha value is -1.56. The van der Waals surface area contributed by atoms with Gasteiger partial charge in [-0.3, -0.25) is 9.78 Å². The van der Waals surface area contributed by atoms with Crippen LogP contribution >= 0.6 is 11.8 Å². The van der Waals surface area contributed by atoms with Crippen molar-refractivity contribution >= 4 is 27.8 Å². The number of rotatable bonds is 3. The van der Waals surface area contributed by atoms with E-state index in [4.69, 9.17) is 0 Å². The molecule has 23 heavy (non-hydrogen) atoms. The Balaban J connectivity index is 1.98. The molecule has 6 heteroatoms. The third-order valence-electron chi connectivity index (χ3n) is 4.65. The molecule has 0 spiro atoms. The third kappa shape index (κ3) is 2.96. The van der Waals surface area contributed by atoms with Crippen LogP contribution < -0.4 is 0 Å². The summed E-state index contributed by atoms with van der Waals surface area (Å²) in [6.07, 6.45) is 0.669. The highest BCUT2D eigenvalue weighted by Crippen LogP contribution is 2.49. The number of carbonyl (C=O) groups excluding carboxylic acids is 1. The van der Waals surface area contributed by atoms with E-state index in [2.05, 4.69) is 4.98 Å². The van der Waals surface area contributed by atoms with Gasteiger partial charge in [0.2, 0.25) is 0 Å². The van der Waals surface area contributed by atoms with E-state index in [0.717, 1.165) is 49.6 Å². The Morgan fingerprint density at radius 1 is 1.30 bits per heavy atom. The maximum absolute atomic E-state index is 12.9. The van der Waals surface area contributed by atoms with Crippen LogP contribution in [0.2, 0.25) is 0 Å². The minimum atomic E-state index is -4.41. The number of fused-ring (bicyclic) bond motifs is 1. The van der Waals surface area contributed by atoms with Crippen molar-refractivity contribution in [2.45, 2.75) is 43.7 Å². The first-order valence-corrected chi connectivity index (χ1v) is 8.36. The zero-order valence-corrected chi connectivity index (χ0v) is 13.4. The van der Waals surface area contributed by atoms with E-state index in [0.29, 0.717) is 15.8 Å². The van der Waals surface area contributed by atoms with Gasteiger partial charge in [0.05, 0.1) is 11.1 Å². The molecule has 2 nitrogen and oxygen atoms in total. The first-order valence-electron chi connectivity index (χ1n) is 7.54. The van der Waals surface area contributed by atoms with Crippen molar-refractivity contribution in [3.8, 4) is 0 Å².